The molecule has 2 rings (SSSR count). The minimum absolute atomic E-state index is 0.176. The van der Waals surface area contributed by atoms with Gasteiger partial charge in [0.2, 0.25) is 5.91 Å². The summed E-state index contributed by atoms with van der Waals surface area (Å²) in [6, 6.07) is 5.19. The summed E-state index contributed by atoms with van der Waals surface area (Å²) < 4.78 is 12.7. The third-order valence-corrected chi connectivity index (χ3v) is 4.03. The van der Waals surface area contributed by atoms with E-state index in [4.69, 9.17) is 5.11 Å². The summed E-state index contributed by atoms with van der Waals surface area (Å²) in [5.74, 6) is -1.27. The number of carboxylic acid groups (broad SMARTS) is 1. The standard InChI is InChI=1S/C13H14FNO3S/c14-9-3-5-10(6-4-9)19-8-12(16)15-7-1-2-11(15)13(17)18/h3-6,11H,1-2,7-8H2,(H,17,18)/t11-/m1/s1. The first-order valence-corrected chi connectivity index (χ1v) is 6.97. The summed E-state index contributed by atoms with van der Waals surface area (Å²) in [5, 5.41) is 9.01. The smallest absolute Gasteiger partial charge is 0.326 e. The molecule has 0 spiro atoms. The first-order chi connectivity index (χ1) is 9.08. The largest absolute Gasteiger partial charge is 0.480 e. The lowest BCUT2D eigenvalue weighted by atomic mass is 10.2. The molecule has 1 N–H and O–H groups in total. The molecule has 1 heterocycles. The van der Waals surface area contributed by atoms with E-state index in [-0.39, 0.29) is 17.5 Å². The fourth-order valence-corrected chi connectivity index (χ4v) is 2.87. The van der Waals surface area contributed by atoms with Crippen molar-refractivity contribution in [3.05, 3.63) is 30.1 Å². The van der Waals surface area contributed by atoms with E-state index >= 15 is 0 Å². The topological polar surface area (TPSA) is 57.6 Å². The molecule has 0 saturated carbocycles. The van der Waals surface area contributed by atoms with Crippen LogP contribution in [0, 0.1) is 5.82 Å². The Morgan fingerprint density at radius 1 is 1.37 bits per heavy atom. The van der Waals surface area contributed by atoms with Crippen LogP contribution in [0.1, 0.15) is 12.8 Å². The van der Waals surface area contributed by atoms with Gasteiger partial charge in [-0.3, -0.25) is 4.79 Å². The monoisotopic (exact) mass is 283 g/mol. The van der Waals surface area contributed by atoms with Crippen LogP contribution in [0.15, 0.2) is 29.2 Å². The number of nitrogens with zero attached hydrogens (tertiary/aromatic N) is 1. The summed E-state index contributed by atoms with van der Waals surface area (Å²) >= 11 is 1.29. The Balaban J connectivity index is 1.90. The first kappa shape index (κ1) is 13.9. The number of hydrogen-bond donors (Lipinski definition) is 1. The number of benzene rings is 1. The van der Waals surface area contributed by atoms with Crippen molar-refractivity contribution >= 4 is 23.6 Å². The molecule has 1 aliphatic rings. The predicted molar refractivity (Wildman–Crippen MR) is 69.5 cm³/mol. The second-order valence-electron chi connectivity index (χ2n) is 4.33. The lowest BCUT2D eigenvalue weighted by Gasteiger charge is -2.21. The molecule has 1 amide bonds. The van der Waals surface area contributed by atoms with Gasteiger partial charge in [-0.15, -0.1) is 11.8 Å². The van der Waals surface area contributed by atoms with Crippen LogP contribution in [0.25, 0.3) is 0 Å². The molecule has 0 unspecified atom stereocenters. The molecule has 0 radical (unpaired) electrons. The molecule has 102 valence electrons. The Morgan fingerprint density at radius 3 is 2.68 bits per heavy atom. The molecule has 6 heteroatoms. The maximum Gasteiger partial charge on any atom is 0.326 e. The van der Waals surface area contributed by atoms with Crippen molar-refractivity contribution in [2.75, 3.05) is 12.3 Å². The lowest BCUT2D eigenvalue weighted by Crippen LogP contribution is -2.41. The molecule has 4 nitrogen and oxygen atoms in total. The van der Waals surface area contributed by atoms with Crippen LogP contribution in [-0.2, 0) is 9.59 Å². The van der Waals surface area contributed by atoms with Crippen LogP contribution in [0.5, 0.6) is 0 Å². The van der Waals surface area contributed by atoms with Crippen LogP contribution in [0.3, 0.4) is 0 Å². The van der Waals surface area contributed by atoms with Gasteiger partial charge in [-0.25, -0.2) is 9.18 Å². The summed E-state index contributed by atoms with van der Waals surface area (Å²) in [6.45, 7) is 0.500. The molecule has 1 saturated heterocycles. The summed E-state index contributed by atoms with van der Waals surface area (Å²) in [4.78, 5) is 25.2. The average molecular weight is 283 g/mol. The van der Waals surface area contributed by atoms with E-state index in [0.717, 1.165) is 11.3 Å². The molecule has 1 aliphatic heterocycles. The van der Waals surface area contributed by atoms with Gasteiger partial charge in [0.05, 0.1) is 5.75 Å². The number of carbonyl (C=O) groups is 2. The van der Waals surface area contributed by atoms with Crippen molar-refractivity contribution in [3.8, 4) is 0 Å². The van der Waals surface area contributed by atoms with Crippen LogP contribution in [0.2, 0.25) is 0 Å². The maximum absolute atomic E-state index is 12.7. The van der Waals surface area contributed by atoms with Gasteiger partial charge in [-0.1, -0.05) is 0 Å². The molecule has 1 aromatic rings. The van der Waals surface area contributed by atoms with Crippen molar-refractivity contribution in [1.82, 2.24) is 4.90 Å². The highest BCUT2D eigenvalue weighted by atomic mass is 32.2. The summed E-state index contributed by atoms with van der Waals surface area (Å²) in [5.41, 5.74) is 0. The van der Waals surface area contributed by atoms with Crippen LogP contribution in [-0.4, -0.2) is 40.2 Å². The Hall–Kier alpha value is -1.56. The zero-order valence-electron chi connectivity index (χ0n) is 10.2. The van der Waals surface area contributed by atoms with Gasteiger partial charge >= 0.3 is 5.97 Å². The highest BCUT2D eigenvalue weighted by Crippen LogP contribution is 2.22. The van der Waals surface area contributed by atoms with Gasteiger partial charge in [0, 0.05) is 11.4 Å². The number of hydrogen-bond acceptors (Lipinski definition) is 3. The van der Waals surface area contributed by atoms with Gasteiger partial charge in [0.25, 0.3) is 0 Å². The Kier molecular flexibility index (Phi) is 4.42. The van der Waals surface area contributed by atoms with Gasteiger partial charge in [0.15, 0.2) is 0 Å². The molecule has 0 bridgehead atoms. The molecule has 1 atom stereocenters. The molecule has 1 aromatic carbocycles. The van der Waals surface area contributed by atoms with E-state index in [2.05, 4.69) is 0 Å². The maximum atomic E-state index is 12.7. The van der Waals surface area contributed by atoms with Crippen LogP contribution in [0.4, 0.5) is 4.39 Å². The first-order valence-electron chi connectivity index (χ1n) is 5.98. The van der Waals surface area contributed by atoms with Gasteiger partial charge in [-0.05, 0) is 37.1 Å². The van der Waals surface area contributed by atoms with E-state index in [9.17, 15) is 14.0 Å². The van der Waals surface area contributed by atoms with E-state index in [1.54, 1.807) is 12.1 Å². The predicted octanol–water partition coefficient (Wildman–Crippen LogP) is 1.99. The van der Waals surface area contributed by atoms with E-state index in [1.165, 1.54) is 28.8 Å². The number of aliphatic carboxylic acids is 1. The van der Waals surface area contributed by atoms with Crippen molar-refractivity contribution in [1.29, 1.82) is 0 Å². The minimum Gasteiger partial charge on any atom is -0.480 e. The number of likely N-dealkylation sites (tertiary alicyclic amines) is 1. The molecule has 19 heavy (non-hydrogen) atoms. The van der Waals surface area contributed by atoms with E-state index in [1.807, 2.05) is 0 Å². The third kappa shape index (κ3) is 3.47. The number of carbonyl (C=O) groups excluding carboxylic acids is 1. The molecular weight excluding hydrogens is 269 g/mol. The quantitative estimate of drug-likeness (QED) is 0.859. The van der Waals surface area contributed by atoms with Crippen molar-refractivity contribution in [2.24, 2.45) is 0 Å². The van der Waals surface area contributed by atoms with Gasteiger partial charge in [0.1, 0.15) is 11.9 Å². The van der Waals surface area contributed by atoms with Gasteiger partial charge in [-0.2, -0.15) is 0 Å². The zero-order valence-corrected chi connectivity index (χ0v) is 11.0. The normalized spacial score (nSPS) is 18.6. The van der Waals surface area contributed by atoms with Crippen molar-refractivity contribution in [2.45, 2.75) is 23.8 Å². The molecule has 0 aromatic heterocycles. The summed E-state index contributed by atoms with van der Waals surface area (Å²) in [6.07, 6.45) is 1.24. The van der Waals surface area contributed by atoms with Crippen LogP contribution < -0.4 is 0 Å². The van der Waals surface area contributed by atoms with Crippen LogP contribution >= 0.6 is 11.8 Å². The SMILES string of the molecule is O=C(O)[C@H]1CCCN1C(=O)CSc1ccc(F)cc1. The minimum atomic E-state index is -0.947. The van der Waals surface area contributed by atoms with Crippen molar-refractivity contribution in [3.63, 3.8) is 0 Å². The zero-order chi connectivity index (χ0) is 13.8. The molecule has 0 aliphatic carbocycles. The summed E-state index contributed by atoms with van der Waals surface area (Å²) in [7, 11) is 0. The van der Waals surface area contributed by atoms with Gasteiger partial charge < -0.3 is 10.0 Å². The van der Waals surface area contributed by atoms with E-state index in [0.29, 0.717) is 13.0 Å². The lowest BCUT2D eigenvalue weighted by molar-refractivity contribution is -0.147. The molecule has 1 fully saturated rings. The van der Waals surface area contributed by atoms with E-state index < -0.39 is 12.0 Å². The van der Waals surface area contributed by atoms with Crippen molar-refractivity contribution < 1.29 is 19.1 Å². The number of halogens is 1. The number of thioether (sulfide) groups is 1. The number of amides is 1. The highest BCUT2D eigenvalue weighted by molar-refractivity contribution is 8.00. The highest BCUT2D eigenvalue weighted by Gasteiger charge is 2.33. The Labute approximate surface area is 114 Å². The Bertz CT molecular complexity index is 477. The average Bonchev–Trinajstić information content (AvgIpc) is 2.87. The third-order valence-electron chi connectivity index (χ3n) is 3.03. The fraction of sp³-hybridized carbons (Fsp3) is 0.385. The Morgan fingerprint density at radius 2 is 2.05 bits per heavy atom. The second kappa shape index (κ2) is 6.06. The second-order valence-corrected chi connectivity index (χ2v) is 5.37. The molecular formula is C13H14FNO3S. The number of rotatable bonds is 4. The fourth-order valence-electron chi connectivity index (χ4n) is 2.08. The number of carboxylic acids is 1.